The first-order chi connectivity index (χ1) is 45.4. The maximum Gasteiger partial charge on any atom is 0.288 e. The van der Waals surface area contributed by atoms with Crippen LogP contribution in [0.1, 0.15) is 34.2 Å². The van der Waals surface area contributed by atoms with Crippen molar-refractivity contribution < 1.29 is 9.15 Å². The summed E-state index contributed by atoms with van der Waals surface area (Å²) in [4.78, 5) is 26.2. The molecule has 0 fully saturated rings. The second kappa shape index (κ2) is 25.1. The van der Waals surface area contributed by atoms with Gasteiger partial charge in [-0.05, 0) is 89.6 Å². The molecule has 18 aromatic rings. The minimum Gasteiger partial charge on any atom is -0.437 e. The van der Waals surface area contributed by atoms with Gasteiger partial charge in [0.2, 0.25) is 29.1 Å². The van der Waals surface area contributed by atoms with Gasteiger partial charge in [-0.25, -0.2) is 29.6 Å². The van der Waals surface area contributed by atoms with Crippen molar-refractivity contribution in [1.82, 2.24) is 124 Å². The molecule has 0 aliphatic carbocycles. The normalized spacial score (nSPS) is 11.1. The van der Waals surface area contributed by atoms with Gasteiger partial charge in [-0.15, -0.1) is 35.7 Å². The van der Waals surface area contributed by atoms with E-state index >= 15 is 0 Å². The first-order valence-electron chi connectivity index (χ1n) is 29.4. The Bertz CT molecular complexity index is 5230. The van der Waals surface area contributed by atoms with E-state index in [1.54, 1.807) is 41.6 Å². The third-order valence-electron chi connectivity index (χ3n) is 14.2. The zero-order valence-corrected chi connectivity index (χ0v) is 50.9. The highest BCUT2D eigenvalue weighted by Crippen LogP contribution is 2.30. The number of hydrogen-bond acceptors (Lipinski definition) is 16. The highest BCUT2D eigenvalue weighted by molar-refractivity contribution is 5.78. The summed E-state index contributed by atoms with van der Waals surface area (Å²) in [5.41, 5.74) is 16.1. The number of aromatic nitrogens is 25. The first kappa shape index (κ1) is 57.5. The van der Waals surface area contributed by atoms with E-state index in [9.17, 15) is 0 Å². The molecule has 27 nitrogen and oxygen atoms in total. The Morgan fingerprint density at radius 3 is 1.65 bits per heavy atom. The molecule has 93 heavy (non-hydrogen) atoms. The van der Waals surface area contributed by atoms with Gasteiger partial charge in [0.05, 0.1) is 11.4 Å². The molecule has 0 bridgehead atoms. The number of nitrogens with one attached hydrogen (secondary N) is 5. The molecule has 0 spiro atoms. The average Bonchev–Trinajstić information content (AvgIpc) is 1.71. The van der Waals surface area contributed by atoms with Crippen LogP contribution in [-0.2, 0) is 0 Å². The van der Waals surface area contributed by atoms with E-state index in [1.807, 2.05) is 203 Å². The van der Waals surface area contributed by atoms with Crippen molar-refractivity contribution in [2.45, 2.75) is 41.5 Å². The van der Waals surface area contributed by atoms with Gasteiger partial charge in [0, 0.05) is 70.9 Å². The fourth-order valence-corrected chi connectivity index (χ4v) is 9.83. The summed E-state index contributed by atoms with van der Waals surface area (Å²) in [5, 5.41) is 49.6. The zero-order chi connectivity index (χ0) is 63.4. The number of fused-ring (bicyclic) bond motifs is 5. The summed E-state index contributed by atoms with van der Waals surface area (Å²) >= 11 is 0. The van der Waals surface area contributed by atoms with Crippen molar-refractivity contribution in [3.05, 3.63) is 241 Å². The van der Waals surface area contributed by atoms with Crippen molar-refractivity contribution in [1.29, 1.82) is 0 Å². The van der Waals surface area contributed by atoms with Crippen LogP contribution in [0.15, 0.2) is 211 Å². The smallest absolute Gasteiger partial charge is 0.288 e. The molecule has 0 saturated heterocycles. The molecular weight excluding hydrogens is 1170 g/mol. The third-order valence-corrected chi connectivity index (χ3v) is 14.2. The quantitative estimate of drug-likeness (QED) is 0.0897. The molecule has 0 aliphatic heterocycles. The van der Waals surface area contributed by atoms with E-state index < -0.39 is 0 Å². The van der Waals surface area contributed by atoms with Gasteiger partial charge in [-0.1, -0.05) is 132 Å². The number of ether oxygens (including phenoxy) is 1. The van der Waals surface area contributed by atoms with Crippen molar-refractivity contribution >= 4 is 28.2 Å². The van der Waals surface area contributed by atoms with Crippen LogP contribution in [0.4, 0.5) is 0 Å². The molecule has 13 heterocycles. The molecule has 5 N–H and O–H groups in total. The lowest BCUT2D eigenvalue weighted by molar-refractivity contribution is 0.455. The Balaban J connectivity index is 0.000000101. The second-order valence-corrected chi connectivity index (χ2v) is 21.4. The highest BCUT2D eigenvalue weighted by atomic mass is 16.5. The fraction of sp³-hybridized carbons (Fsp3) is 0.0909. The maximum absolute atomic E-state index is 5.65. The first-order valence-corrected chi connectivity index (χ1v) is 29.4. The van der Waals surface area contributed by atoms with Crippen molar-refractivity contribution in [3.8, 4) is 85.9 Å². The molecule has 0 saturated carbocycles. The Labute approximate surface area is 527 Å². The minimum atomic E-state index is 0.306. The van der Waals surface area contributed by atoms with E-state index in [4.69, 9.17) is 9.15 Å². The molecule has 0 aliphatic rings. The van der Waals surface area contributed by atoms with Crippen LogP contribution in [0.25, 0.3) is 103 Å². The lowest BCUT2D eigenvalue weighted by Crippen LogP contribution is -1.96. The van der Waals surface area contributed by atoms with E-state index in [0.717, 1.165) is 108 Å². The Hall–Kier alpha value is -13.2. The number of hydrogen-bond donors (Lipinski definition) is 5. The number of H-pyrrole nitrogens is 5. The number of rotatable bonds is 9. The number of benzene rings is 5. The molecular formula is C66H57N25O2. The zero-order valence-electron chi connectivity index (χ0n) is 50.9. The lowest BCUT2D eigenvalue weighted by atomic mass is 10.1. The maximum atomic E-state index is 5.65. The molecule has 0 radical (unpaired) electrons. The predicted octanol–water partition coefficient (Wildman–Crippen LogP) is 11.9. The molecule has 18 rings (SSSR count). The van der Waals surface area contributed by atoms with Crippen LogP contribution >= 0.6 is 0 Å². The van der Waals surface area contributed by atoms with E-state index in [-0.39, 0.29) is 0 Å². The summed E-state index contributed by atoms with van der Waals surface area (Å²) in [6.45, 7) is 11.8. The van der Waals surface area contributed by atoms with Gasteiger partial charge in [-0.3, -0.25) is 30.5 Å². The van der Waals surface area contributed by atoms with E-state index in [2.05, 4.69) is 127 Å². The molecule has 458 valence electrons. The lowest BCUT2D eigenvalue weighted by Gasteiger charge is -2.04. The number of nitrogens with zero attached hydrogens (tertiary/aromatic N) is 20. The van der Waals surface area contributed by atoms with Crippen LogP contribution in [0, 0.1) is 41.5 Å². The van der Waals surface area contributed by atoms with Crippen LogP contribution in [0.2, 0.25) is 0 Å². The third kappa shape index (κ3) is 12.8. The summed E-state index contributed by atoms with van der Waals surface area (Å²) in [6.07, 6.45) is 5.40. The summed E-state index contributed by atoms with van der Waals surface area (Å²) in [7, 11) is 0. The standard InChI is InChI=1S/C15H14N6.C15H11N5.C14H12N6O.C11H10N4O.C11H10N4/c1-10-4-6-12(7-5-10)13-14(20-9-3-8-16-20)15-17-11(2)18-21(15)19-13;1-2-6-11(7-3-1)13-10-14-17-15(19-20(14)18-13)12-8-4-5-9-16-12;1-8-3-5-10(6-4-8)13-16-17-14(21-13)12-15-11-7-9(2)18-20(11)19-12;1-8-12-10-7-11(14-15(10)13-8)16-9-5-3-2-4-6-9;1-8-7-10-12-11(14-15(10)13-8)9-5-3-2-4-6-9/h3-9,19H,1-2H3;1-10,18H;3-7,18H,1-2H3;2-7H,1H3,(H,12,13);2-7,13H,1H3. The monoisotopic (exact) mass is 1230 g/mol. The van der Waals surface area contributed by atoms with Gasteiger partial charge in [0.15, 0.2) is 28.4 Å². The molecule has 27 heteroatoms. The molecule has 13 aromatic heterocycles. The SMILES string of the molecule is Cc1cc2nc(-c3ccccc3)nn2[nH]1.Cc1ccc(-c2[nH]n3nc(C)nc3c2-n2cccn2)cc1.Cc1ccc(-c2nnc(-c3nc4cc(C)[nH]n4n3)o2)cc1.Cc1nc2cc(Oc3ccccc3)nn2[nH]1.c1ccc(-c2cc3nc(-c4ccccn4)nn3[nH]2)cc1. The van der Waals surface area contributed by atoms with Crippen LogP contribution < -0.4 is 4.74 Å². The van der Waals surface area contributed by atoms with Gasteiger partial charge in [-0.2, -0.15) is 28.2 Å². The van der Waals surface area contributed by atoms with Crippen molar-refractivity contribution in [3.63, 3.8) is 0 Å². The highest BCUT2D eigenvalue weighted by Gasteiger charge is 2.20. The fourth-order valence-electron chi connectivity index (χ4n) is 9.83. The summed E-state index contributed by atoms with van der Waals surface area (Å²) in [6, 6.07) is 61.0. The molecule has 0 atom stereocenters. The second-order valence-electron chi connectivity index (χ2n) is 21.4. The minimum absolute atomic E-state index is 0.306. The Kier molecular flexibility index (Phi) is 15.5. The predicted molar refractivity (Wildman–Crippen MR) is 347 cm³/mol. The number of para-hydroxylation sites is 1. The average molecular weight is 1230 g/mol. The largest absolute Gasteiger partial charge is 0.437 e. The van der Waals surface area contributed by atoms with Gasteiger partial charge in [0.25, 0.3) is 5.89 Å². The number of aryl methyl sites for hydroxylation is 6. The van der Waals surface area contributed by atoms with Crippen LogP contribution in [0.5, 0.6) is 11.6 Å². The topological polar surface area (TPSA) is 309 Å². The molecule has 5 aromatic carbocycles. The summed E-state index contributed by atoms with van der Waals surface area (Å²) < 4.78 is 21.3. The van der Waals surface area contributed by atoms with Crippen molar-refractivity contribution in [2.75, 3.05) is 0 Å². The molecule has 0 unspecified atom stereocenters. The Morgan fingerprint density at radius 1 is 0.419 bits per heavy atom. The summed E-state index contributed by atoms with van der Waals surface area (Å²) in [5.74, 6) is 5.40. The Morgan fingerprint density at radius 2 is 1.00 bits per heavy atom. The number of aromatic amines is 5. The van der Waals surface area contributed by atoms with Gasteiger partial charge < -0.3 is 9.15 Å². The van der Waals surface area contributed by atoms with E-state index in [1.165, 1.54) is 11.1 Å². The van der Waals surface area contributed by atoms with Crippen LogP contribution in [0.3, 0.4) is 0 Å². The van der Waals surface area contributed by atoms with Crippen LogP contribution in [-0.4, -0.2) is 124 Å². The molecule has 0 amide bonds. The number of pyridine rings is 1. The van der Waals surface area contributed by atoms with Gasteiger partial charge >= 0.3 is 0 Å². The van der Waals surface area contributed by atoms with Crippen molar-refractivity contribution in [2.24, 2.45) is 0 Å². The van der Waals surface area contributed by atoms with E-state index in [0.29, 0.717) is 29.3 Å². The van der Waals surface area contributed by atoms with Gasteiger partial charge in [0.1, 0.15) is 28.8 Å².